The smallest absolute Gasteiger partial charge is 0.246 e. The Hall–Kier alpha value is -2.47. The van der Waals surface area contributed by atoms with E-state index in [2.05, 4.69) is 22.4 Å². The summed E-state index contributed by atoms with van der Waals surface area (Å²) in [6.07, 6.45) is 5.83. The van der Waals surface area contributed by atoms with Crippen LogP contribution >= 0.6 is 11.3 Å². The first-order chi connectivity index (χ1) is 11.3. The van der Waals surface area contributed by atoms with Gasteiger partial charge < -0.3 is 0 Å². The fraction of sp³-hybridized carbons (Fsp3) is 0.235. The van der Waals surface area contributed by atoms with Crippen molar-refractivity contribution in [3.05, 3.63) is 59.4 Å². The monoisotopic (exact) mass is 326 g/mol. The largest absolute Gasteiger partial charge is 0.297 e. The highest BCUT2D eigenvalue weighted by molar-refractivity contribution is 7.15. The number of hydrogen-bond acceptors (Lipinski definition) is 4. The van der Waals surface area contributed by atoms with Crippen molar-refractivity contribution in [2.75, 3.05) is 0 Å². The van der Waals surface area contributed by atoms with Crippen LogP contribution in [0.1, 0.15) is 31.0 Å². The van der Waals surface area contributed by atoms with Crippen LogP contribution in [-0.2, 0) is 11.2 Å². The summed E-state index contributed by atoms with van der Waals surface area (Å²) in [6.45, 7) is 2.10. The van der Waals surface area contributed by atoms with Crippen LogP contribution in [0.15, 0.2) is 53.2 Å². The number of rotatable bonds is 6. The quantitative estimate of drug-likeness (QED) is 0.558. The molecule has 1 N–H and O–H groups in total. The first-order valence-corrected chi connectivity index (χ1v) is 8.46. The molecule has 0 aliphatic heterocycles. The van der Waals surface area contributed by atoms with Crippen LogP contribution in [-0.4, -0.2) is 21.0 Å². The zero-order valence-corrected chi connectivity index (χ0v) is 13.7. The van der Waals surface area contributed by atoms with Gasteiger partial charge in [0.05, 0.1) is 17.8 Å². The molecular formula is C17H18N4OS. The summed E-state index contributed by atoms with van der Waals surface area (Å²) in [6, 6.07) is 9.92. The van der Waals surface area contributed by atoms with Gasteiger partial charge in [-0.2, -0.15) is 5.10 Å². The zero-order chi connectivity index (χ0) is 16.1. The number of fused-ring (bicyclic) bond motifs is 1. The number of carbonyl (C=O) groups is 1. The molecule has 5 nitrogen and oxygen atoms in total. The lowest BCUT2D eigenvalue weighted by Crippen LogP contribution is -2.22. The number of hydrazone groups is 1. The van der Waals surface area contributed by atoms with Crippen molar-refractivity contribution in [2.45, 2.75) is 26.2 Å². The predicted octanol–water partition coefficient (Wildman–Crippen LogP) is 3.26. The molecule has 0 aliphatic carbocycles. The Kier molecular flexibility index (Phi) is 4.83. The molecule has 0 saturated heterocycles. The van der Waals surface area contributed by atoms with Crippen LogP contribution < -0.4 is 5.43 Å². The minimum Gasteiger partial charge on any atom is -0.297 e. The van der Waals surface area contributed by atoms with E-state index in [1.54, 1.807) is 11.3 Å². The van der Waals surface area contributed by atoms with Crippen LogP contribution in [0.2, 0.25) is 0 Å². The maximum Gasteiger partial charge on any atom is 0.246 e. The molecule has 1 amide bonds. The summed E-state index contributed by atoms with van der Waals surface area (Å²) >= 11 is 1.55. The molecule has 0 saturated carbocycles. The van der Waals surface area contributed by atoms with Crippen molar-refractivity contribution in [3.63, 3.8) is 0 Å². The molecule has 0 aliphatic rings. The Balaban J connectivity index is 1.66. The van der Waals surface area contributed by atoms with Gasteiger partial charge in [0.1, 0.15) is 0 Å². The van der Waals surface area contributed by atoms with E-state index in [0.29, 0.717) is 0 Å². The minimum absolute atomic E-state index is 0.153. The number of amides is 1. The summed E-state index contributed by atoms with van der Waals surface area (Å²) in [5, 5.41) is 6.27. The number of hydrogen-bond donors (Lipinski definition) is 1. The standard InChI is InChI=1S/C17H18N4OS/c1-2-6-15(13-7-4-3-5-8-13)19-20-16(22)11-14-12-21-9-10-23-17(21)18-14/h3-5,7-10,12H,2,6,11H2,1H3,(H,20,22)/b19-15-. The molecule has 2 aromatic heterocycles. The number of thiazole rings is 1. The molecule has 0 fully saturated rings. The molecule has 118 valence electrons. The molecule has 0 bridgehead atoms. The minimum atomic E-state index is -0.153. The van der Waals surface area contributed by atoms with Crippen LogP contribution in [0, 0.1) is 0 Å². The molecule has 2 heterocycles. The lowest BCUT2D eigenvalue weighted by atomic mass is 10.1. The summed E-state index contributed by atoms with van der Waals surface area (Å²) in [4.78, 5) is 17.4. The second-order valence-electron chi connectivity index (χ2n) is 5.21. The van der Waals surface area contributed by atoms with E-state index in [1.807, 2.05) is 52.5 Å². The number of nitrogens with zero attached hydrogens (tertiary/aromatic N) is 3. The molecule has 0 unspecified atom stereocenters. The Bertz CT molecular complexity index is 791. The topological polar surface area (TPSA) is 58.8 Å². The average molecular weight is 326 g/mol. The third-order valence-electron chi connectivity index (χ3n) is 3.39. The van der Waals surface area contributed by atoms with E-state index in [1.165, 1.54) is 0 Å². The third kappa shape index (κ3) is 3.84. The van der Waals surface area contributed by atoms with Gasteiger partial charge in [-0.3, -0.25) is 9.20 Å². The average Bonchev–Trinajstić information content (AvgIpc) is 3.13. The molecule has 1 aromatic carbocycles. The number of aromatic nitrogens is 2. The van der Waals surface area contributed by atoms with Crippen molar-refractivity contribution in [3.8, 4) is 0 Å². The van der Waals surface area contributed by atoms with Gasteiger partial charge in [-0.05, 0) is 12.0 Å². The number of imidazole rings is 1. The van der Waals surface area contributed by atoms with Crippen molar-refractivity contribution >= 4 is 27.9 Å². The number of carbonyl (C=O) groups excluding carboxylic acids is 1. The maximum absolute atomic E-state index is 12.1. The second-order valence-corrected chi connectivity index (χ2v) is 6.08. The van der Waals surface area contributed by atoms with Gasteiger partial charge in [0.15, 0.2) is 4.96 Å². The fourth-order valence-corrected chi connectivity index (χ4v) is 3.05. The molecule has 0 atom stereocenters. The van der Waals surface area contributed by atoms with Crippen molar-refractivity contribution in [1.82, 2.24) is 14.8 Å². The van der Waals surface area contributed by atoms with Gasteiger partial charge in [-0.15, -0.1) is 11.3 Å². The van der Waals surface area contributed by atoms with Gasteiger partial charge in [0.2, 0.25) is 5.91 Å². The molecule has 3 rings (SSSR count). The zero-order valence-electron chi connectivity index (χ0n) is 12.9. The van der Waals surface area contributed by atoms with Gasteiger partial charge in [0.25, 0.3) is 0 Å². The highest BCUT2D eigenvalue weighted by Gasteiger charge is 2.09. The summed E-state index contributed by atoms with van der Waals surface area (Å²) in [5.74, 6) is -0.153. The predicted molar refractivity (Wildman–Crippen MR) is 92.8 cm³/mol. The van der Waals surface area contributed by atoms with Crippen LogP contribution in [0.25, 0.3) is 4.96 Å². The van der Waals surface area contributed by atoms with Crippen LogP contribution in [0.4, 0.5) is 0 Å². The molecule has 3 aromatic rings. The highest BCUT2D eigenvalue weighted by Crippen LogP contribution is 2.11. The van der Waals surface area contributed by atoms with E-state index in [0.717, 1.165) is 34.8 Å². The Morgan fingerprint density at radius 2 is 2.17 bits per heavy atom. The first kappa shape index (κ1) is 15.4. The van der Waals surface area contributed by atoms with Crippen LogP contribution in [0.5, 0.6) is 0 Å². The van der Waals surface area contributed by atoms with E-state index in [-0.39, 0.29) is 12.3 Å². The number of nitrogens with one attached hydrogen (secondary N) is 1. The van der Waals surface area contributed by atoms with E-state index in [9.17, 15) is 4.79 Å². The fourth-order valence-electron chi connectivity index (χ4n) is 2.33. The first-order valence-electron chi connectivity index (χ1n) is 7.58. The highest BCUT2D eigenvalue weighted by atomic mass is 32.1. The van der Waals surface area contributed by atoms with Gasteiger partial charge in [-0.1, -0.05) is 43.7 Å². The second kappa shape index (κ2) is 7.19. The van der Waals surface area contributed by atoms with Gasteiger partial charge in [0, 0.05) is 17.8 Å². The normalized spacial score (nSPS) is 11.8. The summed E-state index contributed by atoms with van der Waals surface area (Å²) < 4.78 is 1.92. The lowest BCUT2D eigenvalue weighted by Gasteiger charge is -2.06. The van der Waals surface area contributed by atoms with E-state index < -0.39 is 0 Å². The maximum atomic E-state index is 12.1. The molecule has 0 spiro atoms. The third-order valence-corrected chi connectivity index (χ3v) is 4.16. The summed E-state index contributed by atoms with van der Waals surface area (Å²) in [5.41, 5.74) is 5.34. The van der Waals surface area contributed by atoms with E-state index in [4.69, 9.17) is 0 Å². The SMILES string of the molecule is CCC/C(=N/NC(=O)Cc1cn2ccsc2n1)c1ccccc1. The lowest BCUT2D eigenvalue weighted by molar-refractivity contribution is -0.120. The van der Waals surface area contributed by atoms with Crippen molar-refractivity contribution in [2.24, 2.45) is 5.10 Å². The molecule has 23 heavy (non-hydrogen) atoms. The Labute approximate surface area is 138 Å². The van der Waals surface area contributed by atoms with E-state index >= 15 is 0 Å². The Morgan fingerprint density at radius 3 is 2.91 bits per heavy atom. The molecule has 0 radical (unpaired) electrons. The Morgan fingerprint density at radius 1 is 1.35 bits per heavy atom. The van der Waals surface area contributed by atoms with Crippen molar-refractivity contribution < 1.29 is 4.79 Å². The molecular weight excluding hydrogens is 308 g/mol. The van der Waals surface area contributed by atoms with Crippen molar-refractivity contribution in [1.29, 1.82) is 0 Å². The van der Waals surface area contributed by atoms with Gasteiger partial charge >= 0.3 is 0 Å². The van der Waals surface area contributed by atoms with Crippen LogP contribution in [0.3, 0.4) is 0 Å². The molecule has 6 heteroatoms. The van der Waals surface area contributed by atoms with Gasteiger partial charge in [-0.25, -0.2) is 10.4 Å². The number of benzene rings is 1. The summed E-state index contributed by atoms with van der Waals surface area (Å²) in [7, 11) is 0.